The number of nitrogens with zero attached hydrogens (tertiary/aromatic N) is 2. The number of ketones is 1. The molecule has 1 aliphatic heterocycles. The molecule has 7 heteroatoms. The second-order valence-corrected chi connectivity index (χ2v) is 9.40. The molecule has 1 aromatic heterocycles. The van der Waals surface area contributed by atoms with Gasteiger partial charge in [-0.3, -0.25) is 9.59 Å². The first kappa shape index (κ1) is 24.3. The Hall–Kier alpha value is -5.04. The van der Waals surface area contributed by atoms with Gasteiger partial charge in [0.1, 0.15) is 11.3 Å². The minimum Gasteiger partial charge on any atom is -0.506 e. The minimum absolute atomic E-state index is 0.0788. The van der Waals surface area contributed by atoms with Crippen LogP contribution in [-0.2, 0) is 7.05 Å². The Balaban J connectivity index is 1.51. The van der Waals surface area contributed by atoms with Gasteiger partial charge in [0.05, 0.1) is 11.6 Å². The normalized spacial score (nSPS) is 12.8. The molecular formula is C32H26N2O5. The summed E-state index contributed by atoms with van der Waals surface area (Å²) in [7, 11) is 1.61. The quantitative estimate of drug-likeness (QED) is 0.261. The lowest BCUT2D eigenvalue weighted by Crippen LogP contribution is -2.30. The lowest BCUT2D eigenvalue weighted by atomic mass is 9.94. The smallest absolute Gasteiger partial charge is 0.265 e. The van der Waals surface area contributed by atoms with Crippen LogP contribution in [0.3, 0.4) is 0 Å². The van der Waals surface area contributed by atoms with E-state index in [0.29, 0.717) is 22.4 Å². The third-order valence-corrected chi connectivity index (χ3v) is 7.10. The molecule has 0 spiro atoms. The monoisotopic (exact) mass is 518 g/mol. The second kappa shape index (κ2) is 10.0. The van der Waals surface area contributed by atoms with E-state index < -0.39 is 17.4 Å². The summed E-state index contributed by atoms with van der Waals surface area (Å²) >= 11 is 0. The molecule has 5 aromatic rings. The number of aryl methyl sites for hydroxylation is 1. The summed E-state index contributed by atoms with van der Waals surface area (Å²) in [5, 5.41) is 11.6. The van der Waals surface area contributed by atoms with Gasteiger partial charge in [-0.1, -0.05) is 54.6 Å². The second-order valence-electron chi connectivity index (χ2n) is 9.40. The van der Waals surface area contributed by atoms with Gasteiger partial charge in [0.15, 0.2) is 17.3 Å². The van der Waals surface area contributed by atoms with Crippen LogP contribution < -0.4 is 19.9 Å². The van der Waals surface area contributed by atoms with Gasteiger partial charge in [0, 0.05) is 30.2 Å². The fourth-order valence-electron chi connectivity index (χ4n) is 5.17. The Morgan fingerprint density at radius 3 is 2.18 bits per heavy atom. The van der Waals surface area contributed by atoms with Crippen molar-refractivity contribution < 1.29 is 19.4 Å². The van der Waals surface area contributed by atoms with Crippen LogP contribution >= 0.6 is 0 Å². The number of Topliss-reactive ketones (excluding diaryl/α,β-unsaturated/α-hetero) is 1. The Bertz CT molecular complexity index is 1690. The van der Waals surface area contributed by atoms with E-state index in [0.717, 1.165) is 16.9 Å². The van der Waals surface area contributed by atoms with Crippen LogP contribution in [0.4, 0.5) is 11.4 Å². The molecule has 0 radical (unpaired) electrons. The number of para-hydroxylation sites is 3. The van der Waals surface area contributed by atoms with Crippen LogP contribution in [0, 0.1) is 0 Å². The van der Waals surface area contributed by atoms with Crippen LogP contribution in [-0.4, -0.2) is 22.2 Å². The molecule has 1 N–H and O–H groups in total. The van der Waals surface area contributed by atoms with Crippen molar-refractivity contribution in [2.24, 2.45) is 7.05 Å². The molecule has 0 aliphatic carbocycles. The van der Waals surface area contributed by atoms with E-state index >= 15 is 0 Å². The number of benzene rings is 4. The Morgan fingerprint density at radius 1 is 0.872 bits per heavy atom. The molecule has 0 saturated heterocycles. The van der Waals surface area contributed by atoms with E-state index in [1.165, 1.54) is 4.57 Å². The van der Waals surface area contributed by atoms with E-state index in [1.54, 1.807) is 31.3 Å². The van der Waals surface area contributed by atoms with Crippen molar-refractivity contribution in [2.45, 2.75) is 12.5 Å². The number of aromatic hydroxyl groups is 1. The zero-order valence-corrected chi connectivity index (χ0v) is 21.3. The highest BCUT2D eigenvalue weighted by atomic mass is 16.7. The fraction of sp³-hybridized carbons (Fsp3) is 0.125. The van der Waals surface area contributed by atoms with Gasteiger partial charge in [-0.25, -0.2) is 0 Å². The van der Waals surface area contributed by atoms with Gasteiger partial charge in [-0.05, 0) is 54.1 Å². The number of rotatable bonds is 7. The lowest BCUT2D eigenvalue weighted by molar-refractivity contribution is 0.0969. The van der Waals surface area contributed by atoms with Crippen molar-refractivity contribution in [3.63, 3.8) is 0 Å². The largest absolute Gasteiger partial charge is 0.506 e. The van der Waals surface area contributed by atoms with Crippen molar-refractivity contribution in [1.82, 2.24) is 4.57 Å². The summed E-state index contributed by atoms with van der Waals surface area (Å²) in [6.07, 6.45) is -0.0788. The molecule has 0 saturated carbocycles. The van der Waals surface area contributed by atoms with Crippen molar-refractivity contribution >= 4 is 28.1 Å². The Labute approximate surface area is 225 Å². The maximum Gasteiger partial charge on any atom is 0.265 e. The van der Waals surface area contributed by atoms with Crippen molar-refractivity contribution in [3.8, 4) is 17.2 Å². The maximum absolute atomic E-state index is 14.0. The van der Waals surface area contributed by atoms with Gasteiger partial charge < -0.3 is 24.0 Å². The standard InChI is InChI=1S/C32H26N2O5/c1-33-25-15-9-8-14-24(25)31(36)30(32(33)37)27(35)19-26(21-16-17-28-29(18-21)39-20-38-28)34(22-10-4-2-5-11-22)23-12-6-3-7-13-23/h2-18,26,36H,19-20H2,1H3/t26-/m1/s1. The average molecular weight is 519 g/mol. The first-order valence-electron chi connectivity index (χ1n) is 12.7. The molecule has 0 amide bonds. The zero-order valence-electron chi connectivity index (χ0n) is 21.3. The Kier molecular flexibility index (Phi) is 6.25. The van der Waals surface area contributed by atoms with E-state index in [-0.39, 0.29) is 24.5 Å². The fourth-order valence-corrected chi connectivity index (χ4v) is 5.17. The summed E-state index contributed by atoms with van der Waals surface area (Å²) in [4.78, 5) is 29.4. The van der Waals surface area contributed by atoms with Gasteiger partial charge >= 0.3 is 0 Å². The molecular weight excluding hydrogens is 492 g/mol. The molecule has 1 atom stereocenters. The van der Waals surface area contributed by atoms with Crippen molar-refractivity contribution in [1.29, 1.82) is 0 Å². The lowest BCUT2D eigenvalue weighted by Gasteiger charge is -2.34. The highest BCUT2D eigenvalue weighted by Crippen LogP contribution is 2.42. The molecule has 0 unspecified atom stereocenters. The summed E-state index contributed by atoms with van der Waals surface area (Å²) in [6, 6.07) is 31.6. The van der Waals surface area contributed by atoms with Gasteiger partial charge in [-0.15, -0.1) is 0 Å². The van der Waals surface area contributed by atoms with Crippen LogP contribution in [0.5, 0.6) is 17.2 Å². The number of fused-ring (bicyclic) bond motifs is 2. The maximum atomic E-state index is 14.0. The minimum atomic E-state index is -0.536. The molecule has 1 aliphatic rings. The van der Waals surface area contributed by atoms with E-state index in [1.807, 2.05) is 78.9 Å². The number of ether oxygens (including phenoxy) is 2. The van der Waals surface area contributed by atoms with Crippen LogP contribution in [0.15, 0.2) is 108 Å². The third-order valence-electron chi connectivity index (χ3n) is 7.10. The van der Waals surface area contributed by atoms with Crippen LogP contribution in [0.2, 0.25) is 0 Å². The number of hydrogen-bond donors (Lipinski definition) is 1. The van der Waals surface area contributed by atoms with E-state index in [9.17, 15) is 14.7 Å². The number of aromatic nitrogens is 1. The van der Waals surface area contributed by atoms with E-state index in [4.69, 9.17) is 9.47 Å². The molecule has 0 fully saturated rings. The predicted octanol–water partition coefficient (Wildman–Crippen LogP) is 6.13. The molecule has 39 heavy (non-hydrogen) atoms. The first-order valence-corrected chi connectivity index (χ1v) is 12.7. The topological polar surface area (TPSA) is 81.0 Å². The first-order chi connectivity index (χ1) is 19.0. The average Bonchev–Trinajstić information content (AvgIpc) is 3.45. The molecule has 0 bridgehead atoms. The van der Waals surface area contributed by atoms with Gasteiger partial charge in [0.2, 0.25) is 6.79 Å². The molecule has 194 valence electrons. The molecule has 7 nitrogen and oxygen atoms in total. The highest BCUT2D eigenvalue weighted by Gasteiger charge is 2.30. The molecule has 2 heterocycles. The van der Waals surface area contributed by atoms with Gasteiger partial charge in [0.25, 0.3) is 5.56 Å². The molecule has 4 aromatic carbocycles. The summed E-state index contributed by atoms with van der Waals surface area (Å²) in [5.41, 5.74) is 2.34. The van der Waals surface area contributed by atoms with Crippen molar-refractivity contribution in [2.75, 3.05) is 11.7 Å². The van der Waals surface area contributed by atoms with E-state index in [2.05, 4.69) is 4.90 Å². The summed E-state index contributed by atoms with van der Waals surface area (Å²) in [6.45, 7) is 0.129. The highest BCUT2D eigenvalue weighted by molar-refractivity contribution is 6.04. The van der Waals surface area contributed by atoms with Gasteiger partial charge in [-0.2, -0.15) is 0 Å². The predicted molar refractivity (Wildman–Crippen MR) is 150 cm³/mol. The third kappa shape index (κ3) is 4.38. The number of hydrogen-bond acceptors (Lipinski definition) is 6. The summed E-state index contributed by atoms with van der Waals surface area (Å²) < 4.78 is 12.6. The zero-order chi connectivity index (χ0) is 26.9. The Morgan fingerprint density at radius 2 is 1.49 bits per heavy atom. The van der Waals surface area contributed by atoms with Crippen LogP contribution in [0.25, 0.3) is 10.9 Å². The van der Waals surface area contributed by atoms with Crippen molar-refractivity contribution in [3.05, 3.63) is 125 Å². The van der Waals surface area contributed by atoms with Crippen LogP contribution in [0.1, 0.15) is 28.4 Å². The number of pyridine rings is 1. The number of carbonyl (C=O) groups excluding carboxylic acids is 1. The number of anilines is 2. The summed E-state index contributed by atoms with van der Waals surface area (Å²) in [5.74, 6) is 0.471. The molecule has 6 rings (SSSR count). The number of carbonyl (C=O) groups is 1. The SMILES string of the molecule is Cn1c(=O)c(C(=O)C[C@H](c2ccc3c(c2)OCO3)N(c2ccccc2)c2ccccc2)c(O)c2ccccc21.